The number of nitrogens with zero attached hydrogens (tertiary/aromatic N) is 2. The molecule has 1 saturated heterocycles. The number of hydrogen-bond donors (Lipinski definition) is 1. The SMILES string of the molecule is CN1CCc2c([nH]c3ccc(Cl)cc23)C1c1ccc(OCCN2CCOCC2)cc1.Fc1ccc(OC=S)cc1. The molecule has 0 bridgehead atoms. The van der Waals surface area contributed by atoms with Crippen molar-refractivity contribution < 1.29 is 18.6 Å². The van der Waals surface area contributed by atoms with Gasteiger partial charge >= 0.3 is 0 Å². The number of aromatic amines is 1. The highest BCUT2D eigenvalue weighted by Gasteiger charge is 2.29. The molecule has 4 aromatic rings. The number of hydrogen-bond acceptors (Lipinski definition) is 6. The Balaban J connectivity index is 0.000000274. The van der Waals surface area contributed by atoms with Crippen molar-refractivity contribution in [2.24, 2.45) is 0 Å². The van der Waals surface area contributed by atoms with E-state index in [4.69, 9.17) is 25.8 Å². The molecule has 6 rings (SSSR count). The van der Waals surface area contributed by atoms with Crippen LogP contribution in [0.1, 0.15) is 22.9 Å². The summed E-state index contributed by atoms with van der Waals surface area (Å²) in [6, 6.07) is 20.6. The van der Waals surface area contributed by atoms with Crippen molar-refractivity contribution in [2.45, 2.75) is 12.5 Å². The van der Waals surface area contributed by atoms with E-state index in [1.807, 2.05) is 6.07 Å². The van der Waals surface area contributed by atoms with Gasteiger partial charge in [-0.15, -0.1) is 0 Å². The number of rotatable bonds is 7. The minimum Gasteiger partial charge on any atom is -0.492 e. The van der Waals surface area contributed by atoms with Gasteiger partial charge in [-0.2, -0.15) is 0 Å². The molecule has 9 heteroatoms. The molecule has 1 unspecified atom stereocenters. The van der Waals surface area contributed by atoms with Crippen LogP contribution in [0.2, 0.25) is 5.02 Å². The van der Waals surface area contributed by atoms with Crippen molar-refractivity contribution in [2.75, 3.05) is 53.0 Å². The predicted molar refractivity (Wildman–Crippen MR) is 161 cm³/mol. The Morgan fingerprint density at radius 2 is 1.75 bits per heavy atom. The number of ether oxygens (including phenoxy) is 3. The van der Waals surface area contributed by atoms with Gasteiger partial charge in [0.15, 0.2) is 5.55 Å². The molecule has 0 amide bonds. The molecule has 6 nitrogen and oxygen atoms in total. The van der Waals surface area contributed by atoms with E-state index in [-0.39, 0.29) is 11.9 Å². The second kappa shape index (κ2) is 13.6. The van der Waals surface area contributed by atoms with Crippen LogP contribution < -0.4 is 9.47 Å². The Kier molecular flexibility index (Phi) is 9.67. The van der Waals surface area contributed by atoms with E-state index in [9.17, 15) is 4.39 Å². The maximum Gasteiger partial charge on any atom is 0.154 e. The number of aromatic nitrogens is 1. The summed E-state index contributed by atoms with van der Waals surface area (Å²) in [5.41, 5.74) is 6.24. The number of likely N-dealkylation sites (N-methyl/N-ethyl adjacent to an activating group) is 1. The standard InChI is InChI=1S/C24H28ClN3O2.C7H5FOS/c1-27-9-8-20-21-16-18(25)4-7-22(21)26-23(20)24(27)17-2-5-19(6-3-17)30-15-12-28-10-13-29-14-11-28;8-6-1-3-7(4-2-6)9-5-10/h2-7,16,24,26H,8-15H2,1H3;1-5H. The third-order valence-electron chi connectivity index (χ3n) is 7.30. The fourth-order valence-electron chi connectivity index (χ4n) is 5.23. The van der Waals surface area contributed by atoms with Crippen LogP contribution in [-0.4, -0.2) is 73.4 Å². The van der Waals surface area contributed by atoms with Gasteiger partial charge in [-0.25, -0.2) is 4.39 Å². The predicted octanol–water partition coefficient (Wildman–Crippen LogP) is 6.27. The van der Waals surface area contributed by atoms with E-state index in [1.165, 1.54) is 46.5 Å². The Hall–Kier alpha value is -3.01. The lowest BCUT2D eigenvalue weighted by Crippen LogP contribution is -2.38. The summed E-state index contributed by atoms with van der Waals surface area (Å²) in [6.07, 6.45) is 1.03. The van der Waals surface area contributed by atoms with Gasteiger partial charge in [-0.05, 0) is 91.4 Å². The maximum atomic E-state index is 12.2. The van der Waals surface area contributed by atoms with E-state index >= 15 is 0 Å². The summed E-state index contributed by atoms with van der Waals surface area (Å²) in [5, 5.41) is 2.04. The Bertz CT molecular complexity index is 1410. The van der Waals surface area contributed by atoms with Crippen LogP contribution in [0.5, 0.6) is 11.5 Å². The molecule has 1 N–H and O–H groups in total. The molecule has 0 aliphatic carbocycles. The van der Waals surface area contributed by atoms with Crippen LogP contribution >= 0.6 is 23.8 Å². The largest absolute Gasteiger partial charge is 0.492 e. The van der Waals surface area contributed by atoms with E-state index in [1.54, 1.807) is 0 Å². The summed E-state index contributed by atoms with van der Waals surface area (Å²) in [6.45, 7) is 6.31. The Morgan fingerprint density at radius 3 is 2.48 bits per heavy atom. The van der Waals surface area contributed by atoms with E-state index in [2.05, 4.69) is 70.4 Å². The lowest BCUT2D eigenvalue weighted by Gasteiger charge is -2.33. The van der Waals surface area contributed by atoms with Crippen LogP contribution in [-0.2, 0) is 11.2 Å². The number of H-pyrrole nitrogens is 1. The summed E-state index contributed by atoms with van der Waals surface area (Å²) < 4.78 is 28.4. The summed E-state index contributed by atoms with van der Waals surface area (Å²) >= 11 is 10.7. The van der Waals surface area contributed by atoms with Crippen molar-refractivity contribution in [3.05, 3.63) is 94.4 Å². The summed E-state index contributed by atoms with van der Waals surface area (Å²) in [4.78, 5) is 8.46. The van der Waals surface area contributed by atoms with Crippen LogP contribution in [0, 0.1) is 5.82 Å². The van der Waals surface area contributed by atoms with Crippen molar-refractivity contribution in [1.82, 2.24) is 14.8 Å². The average molecular weight is 582 g/mol. The number of fused-ring (bicyclic) bond motifs is 3. The number of benzene rings is 3. The molecule has 40 heavy (non-hydrogen) atoms. The molecule has 3 heterocycles. The third-order valence-corrected chi connectivity index (χ3v) is 7.63. The molecular formula is C31H33ClFN3O3S. The number of nitrogens with one attached hydrogen (secondary N) is 1. The Morgan fingerprint density at radius 1 is 1.02 bits per heavy atom. The van der Waals surface area contributed by atoms with Gasteiger partial charge < -0.3 is 19.2 Å². The smallest absolute Gasteiger partial charge is 0.154 e. The average Bonchev–Trinajstić information content (AvgIpc) is 3.33. The summed E-state index contributed by atoms with van der Waals surface area (Å²) in [7, 11) is 2.19. The maximum absolute atomic E-state index is 12.2. The van der Waals surface area contributed by atoms with Gasteiger partial charge in [0, 0.05) is 47.8 Å². The topological polar surface area (TPSA) is 50.0 Å². The molecule has 210 valence electrons. The van der Waals surface area contributed by atoms with Gasteiger partial charge in [-0.1, -0.05) is 23.7 Å². The van der Waals surface area contributed by atoms with E-state index in [0.29, 0.717) is 12.4 Å². The molecule has 0 radical (unpaired) electrons. The highest BCUT2D eigenvalue weighted by Crippen LogP contribution is 2.38. The first-order chi connectivity index (χ1) is 19.5. The minimum atomic E-state index is -0.281. The van der Waals surface area contributed by atoms with E-state index in [0.717, 1.165) is 67.7 Å². The molecule has 1 fully saturated rings. The van der Waals surface area contributed by atoms with Crippen LogP contribution in [0.3, 0.4) is 0 Å². The first-order valence-corrected chi connectivity index (χ1v) is 14.3. The number of morpholine rings is 1. The van der Waals surface area contributed by atoms with Gasteiger partial charge in [0.1, 0.15) is 23.9 Å². The normalized spacial score (nSPS) is 17.5. The second-order valence-electron chi connectivity index (χ2n) is 9.88. The van der Waals surface area contributed by atoms with Gasteiger partial charge in [0.05, 0.1) is 19.3 Å². The zero-order valence-corrected chi connectivity index (χ0v) is 24.0. The molecule has 0 saturated carbocycles. The number of halogens is 2. The molecule has 1 aromatic heterocycles. The summed E-state index contributed by atoms with van der Waals surface area (Å²) in [5.74, 6) is 1.20. The lowest BCUT2D eigenvalue weighted by atomic mass is 9.93. The van der Waals surface area contributed by atoms with Crippen molar-refractivity contribution in [3.63, 3.8) is 0 Å². The second-order valence-corrected chi connectivity index (χ2v) is 10.5. The van der Waals surface area contributed by atoms with Gasteiger partial charge in [0.25, 0.3) is 0 Å². The zero-order valence-electron chi connectivity index (χ0n) is 22.4. The quantitative estimate of drug-likeness (QED) is 0.260. The Labute approximate surface area is 244 Å². The molecule has 2 aliphatic rings. The molecular weight excluding hydrogens is 549 g/mol. The highest BCUT2D eigenvalue weighted by molar-refractivity contribution is 7.78. The van der Waals surface area contributed by atoms with Gasteiger partial charge in [0.2, 0.25) is 0 Å². The number of thiocarbonyl (C=S) groups is 1. The van der Waals surface area contributed by atoms with Crippen molar-refractivity contribution >= 4 is 40.3 Å². The third kappa shape index (κ3) is 7.00. The van der Waals surface area contributed by atoms with E-state index < -0.39 is 0 Å². The molecule has 3 aromatic carbocycles. The lowest BCUT2D eigenvalue weighted by molar-refractivity contribution is 0.0322. The van der Waals surface area contributed by atoms with Crippen LogP contribution in [0.25, 0.3) is 10.9 Å². The molecule has 0 spiro atoms. The molecule has 2 aliphatic heterocycles. The fraction of sp³-hybridized carbons (Fsp3) is 0.323. The van der Waals surface area contributed by atoms with Crippen molar-refractivity contribution in [3.8, 4) is 11.5 Å². The molecule has 1 atom stereocenters. The van der Waals surface area contributed by atoms with Crippen LogP contribution in [0.4, 0.5) is 4.39 Å². The first-order valence-electron chi connectivity index (χ1n) is 13.4. The highest BCUT2D eigenvalue weighted by atomic mass is 35.5. The fourth-order valence-corrected chi connectivity index (χ4v) is 5.52. The minimum absolute atomic E-state index is 0.210. The zero-order chi connectivity index (χ0) is 27.9. The van der Waals surface area contributed by atoms with Crippen molar-refractivity contribution in [1.29, 1.82) is 0 Å². The van der Waals surface area contributed by atoms with Gasteiger partial charge in [-0.3, -0.25) is 9.80 Å². The monoisotopic (exact) mass is 581 g/mol. The van der Waals surface area contributed by atoms with Crippen LogP contribution in [0.15, 0.2) is 66.7 Å². The first kappa shape index (κ1) is 28.5.